The van der Waals surface area contributed by atoms with Crippen LogP contribution in [0.2, 0.25) is 0 Å². The van der Waals surface area contributed by atoms with Crippen LogP contribution in [0.5, 0.6) is 0 Å². The predicted molar refractivity (Wildman–Crippen MR) is 338 cm³/mol. The van der Waals surface area contributed by atoms with Gasteiger partial charge in [-0.1, -0.05) is 230 Å². The van der Waals surface area contributed by atoms with E-state index >= 15 is 0 Å². The van der Waals surface area contributed by atoms with Gasteiger partial charge in [0.2, 0.25) is 0 Å². The summed E-state index contributed by atoms with van der Waals surface area (Å²) in [7, 11) is 0. The van der Waals surface area contributed by atoms with E-state index in [0.717, 1.165) is 62.0 Å². The van der Waals surface area contributed by atoms with Crippen LogP contribution in [0, 0.1) is 0 Å². The minimum Gasteiger partial charge on any atom is -0.256 e. The van der Waals surface area contributed by atoms with Crippen molar-refractivity contribution in [3.8, 4) is 67.2 Å². The first-order valence-electron chi connectivity index (χ1n) is 27.9. The second kappa shape index (κ2) is 21.8. The molecule has 0 N–H and O–H groups in total. The van der Waals surface area contributed by atoms with Crippen molar-refractivity contribution >= 4 is 31.9 Å². The average molecular weight is 1150 g/mol. The molecule has 6 aromatic carbocycles. The first-order valence-corrected chi connectivity index (χ1v) is 29.5. The van der Waals surface area contributed by atoms with Crippen molar-refractivity contribution < 1.29 is 0 Å². The van der Waals surface area contributed by atoms with E-state index in [1.165, 1.54) is 72.3 Å². The molecule has 1 fully saturated rings. The average Bonchev–Trinajstić information content (AvgIpc) is 3.56. The summed E-state index contributed by atoms with van der Waals surface area (Å²) in [6.45, 7) is 27.3. The van der Waals surface area contributed by atoms with Crippen molar-refractivity contribution in [3.63, 3.8) is 0 Å². The Morgan fingerprint density at radius 1 is 0.308 bits per heavy atom. The largest absolute Gasteiger partial charge is 0.256 e. The van der Waals surface area contributed by atoms with Crippen molar-refractivity contribution in [2.24, 2.45) is 0 Å². The fourth-order valence-electron chi connectivity index (χ4n) is 11.7. The number of benzene rings is 6. The van der Waals surface area contributed by atoms with Crippen molar-refractivity contribution in [1.82, 2.24) is 15.0 Å². The molecular formula is C73H75Br2N3. The monoisotopic (exact) mass is 1150 g/mol. The Balaban J connectivity index is 1.08. The molecule has 1 aliphatic rings. The third-order valence-electron chi connectivity index (χ3n) is 16.3. The van der Waals surface area contributed by atoms with Gasteiger partial charge < -0.3 is 0 Å². The number of rotatable bonds is 9. The summed E-state index contributed by atoms with van der Waals surface area (Å²) in [6.07, 6.45) is 8.92. The van der Waals surface area contributed by atoms with Gasteiger partial charge in [-0.25, -0.2) is 0 Å². The minimum absolute atomic E-state index is 0.0250. The SMILES string of the molecule is CC(C)(C)c1ccnc(-c2ccc(-c3cc(C(C)(C)C)ccc3C3CC(c4ccccc4-c4ccc(-c5cc(C(C)(C)C)ccn5)cc4Br)CC(c4ccccc4-c4ccc(-c5cc(C(C)(C)C)ccn5)cc4Br)C3)cc2)c1. The zero-order valence-electron chi connectivity index (χ0n) is 47.8. The van der Waals surface area contributed by atoms with Gasteiger partial charge in [0.15, 0.2) is 0 Å². The quantitative estimate of drug-likeness (QED) is 0.145. The lowest BCUT2D eigenvalue weighted by molar-refractivity contribution is 0.352. The van der Waals surface area contributed by atoms with E-state index < -0.39 is 0 Å². The molecule has 2 unspecified atom stereocenters. The summed E-state index contributed by atoms with van der Waals surface area (Å²) in [5, 5.41) is 0. The van der Waals surface area contributed by atoms with E-state index in [1.807, 2.05) is 18.6 Å². The fourth-order valence-corrected chi connectivity index (χ4v) is 12.9. The van der Waals surface area contributed by atoms with Crippen molar-refractivity contribution in [2.45, 2.75) is 142 Å². The van der Waals surface area contributed by atoms with Crippen LogP contribution in [0.4, 0.5) is 0 Å². The number of pyridine rings is 3. The molecular weight excluding hydrogens is 1080 g/mol. The number of halogens is 2. The van der Waals surface area contributed by atoms with Crippen LogP contribution in [0.15, 0.2) is 191 Å². The highest BCUT2D eigenvalue weighted by Crippen LogP contribution is 2.54. The molecule has 0 bridgehead atoms. The maximum absolute atomic E-state index is 4.85. The van der Waals surface area contributed by atoms with Gasteiger partial charge in [-0.15, -0.1) is 0 Å². The molecule has 3 heterocycles. The lowest BCUT2D eigenvalue weighted by Crippen LogP contribution is -2.21. The second-order valence-electron chi connectivity index (χ2n) is 26.0. The van der Waals surface area contributed by atoms with Crippen molar-refractivity contribution in [1.29, 1.82) is 0 Å². The lowest BCUT2D eigenvalue weighted by Gasteiger charge is -2.38. The fraction of sp³-hybridized carbons (Fsp3) is 0.301. The zero-order valence-corrected chi connectivity index (χ0v) is 50.9. The van der Waals surface area contributed by atoms with E-state index in [9.17, 15) is 0 Å². The van der Waals surface area contributed by atoms with Gasteiger partial charge in [-0.2, -0.15) is 0 Å². The third-order valence-corrected chi connectivity index (χ3v) is 17.7. The molecule has 9 aromatic rings. The molecule has 1 saturated carbocycles. The Morgan fingerprint density at radius 3 is 1.03 bits per heavy atom. The highest BCUT2D eigenvalue weighted by Gasteiger charge is 2.36. The summed E-state index contributed by atoms with van der Waals surface area (Å²) in [5.41, 5.74) is 23.3. The third kappa shape index (κ3) is 11.8. The summed E-state index contributed by atoms with van der Waals surface area (Å²) in [6, 6.07) is 61.8. The predicted octanol–water partition coefficient (Wildman–Crippen LogP) is 21.4. The Hall–Kier alpha value is -6.27. The minimum atomic E-state index is -0.0250. The van der Waals surface area contributed by atoms with Crippen LogP contribution in [0.3, 0.4) is 0 Å². The van der Waals surface area contributed by atoms with Gasteiger partial charge in [0.1, 0.15) is 0 Å². The van der Waals surface area contributed by atoms with Crippen LogP contribution in [0.25, 0.3) is 67.2 Å². The van der Waals surface area contributed by atoms with Gasteiger partial charge in [-0.3, -0.25) is 15.0 Å². The molecule has 0 amide bonds. The van der Waals surface area contributed by atoms with E-state index in [0.29, 0.717) is 0 Å². The molecule has 0 saturated heterocycles. The number of aromatic nitrogens is 3. The zero-order chi connectivity index (χ0) is 55.3. The van der Waals surface area contributed by atoms with Gasteiger partial charge in [0, 0.05) is 44.2 Å². The van der Waals surface area contributed by atoms with Gasteiger partial charge >= 0.3 is 0 Å². The van der Waals surface area contributed by atoms with E-state index in [2.05, 4.69) is 279 Å². The summed E-state index contributed by atoms with van der Waals surface area (Å²) < 4.78 is 2.14. The molecule has 1 aliphatic carbocycles. The topological polar surface area (TPSA) is 38.7 Å². The molecule has 0 aliphatic heterocycles. The van der Waals surface area contributed by atoms with E-state index in [-0.39, 0.29) is 39.4 Å². The van der Waals surface area contributed by atoms with Crippen LogP contribution >= 0.6 is 31.9 Å². The molecule has 2 atom stereocenters. The first kappa shape index (κ1) is 55.1. The maximum atomic E-state index is 4.85. The van der Waals surface area contributed by atoms with Gasteiger partial charge in [-0.05, 0) is 180 Å². The smallest absolute Gasteiger partial charge is 0.0705 e. The Morgan fingerprint density at radius 2 is 0.641 bits per heavy atom. The molecule has 78 heavy (non-hydrogen) atoms. The maximum Gasteiger partial charge on any atom is 0.0705 e. The Labute approximate surface area is 482 Å². The number of hydrogen-bond donors (Lipinski definition) is 0. The molecule has 3 aromatic heterocycles. The van der Waals surface area contributed by atoms with Crippen LogP contribution in [-0.2, 0) is 21.7 Å². The van der Waals surface area contributed by atoms with Crippen LogP contribution < -0.4 is 0 Å². The number of hydrogen-bond acceptors (Lipinski definition) is 3. The highest BCUT2D eigenvalue weighted by atomic mass is 79.9. The van der Waals surface area contributed by atoms with Crippen molar-refractivity contribution in [3.05, 3.63) is 230 Å². The molecule has 0 radical (unpaired) electrons. The summed E-state index contributed by atoms with van der Waals surface area (Å²) >= 11 is 8.24. The van der Waals surface area contributed by atoms with Gasteiger partial charge in [0.25, 0.3) is 0 Å². The molecule has 0 spiro atoms. The summed E-state index contributed by atoms with van der Waals surface area (Å²) in [4.78, 5) is 14.5. The normalized spacial score (nSPS) is 16.3. The number of nitrogens with zero attached hydrogens (tertiary/aromatic N) is 3. The lowest BCUT2D eigenvalue weighted by atomic mass is 9.66. The van der Waals surface area contributed by atoms with Crippen LogP contribution in [-0.4, -0.2) is 15.0 Å². The van der Waals surface area contributed by atoms with E-state index in [4.69, 9.17) is 15.0 Å². The van der Waals surface area contributed by atoms with Gasteiger partial charge in [0.05, 0.1) is 17.1 Å². The molecule has 10 rings (SSSR count). The molecule has 396 valence electrons. The highest BCUT2D eigenvalue weighted by molar-refractivity contribution is 9.11. The second-order valence-corrected chi connectivity index (χ2v) is 27.7. The standard InChI is InChI=1S/C73H75Br2N3/c1-70(2,3)53-27-30-59(64(42-53)46-21-23-47(24-22-46)67-43-54(31-34-76-67)71(4,5)6)52-38-50(57-17-13-15-19-60(57)62-28-25-48(40-65(62)74)68-44-55(32-35-77-68)72(7,8)9)37-51(39-52)58-18-14-16-20-61(58)63-29-26-49(41-66(63)75)69-45-56(33-36-78-69)73(10,11)12/h13-36,40-45,50-52H,37-39H2,1-12H3. The van der Waals surface area contributed by atoms with Crippen LogP contribution in [0.1, 0.15) is 159 Å². The summed E-state index contributed by atoms with van der Waals surface area (Å²) in [5.74, 6) is 0.795. The first-order chi connectivity index (χ1) is 37.0. The Kier molecular flexibility index (Phi) is 15.4. The molecule has 5 heteroatoms. The molecule has 3 nitrogen and oxygen atoms in total. The van der Waals surface area contributed by atoms with Crippen molar-refractivity contribution in [2.75, 3.05) is 0 Å². The van der Waals surface area contributed by atoms with E-state index in [1.54, 1.807) is 0 Å². The Bertz CT molecular complexity index is 3480.